The molecular weight excluding hydrogens is 240 g/mol. The number of carbonyl (C=O) groups is 1. The summed E-state index contributed by atoms with van der Waals surface area (Å²) in [6.07, 6.45) is 0.983. The molecule has 94 valence electrons. The van der Waals surface area contributed by atoms with Gasteiger partial charge in [-0.1, -0.05) is 31.0 Å². The van der Waals surface area contributed by atoms with Gasteiger partial charge in [-0.25, -0.2) is 0 Å². The number of amides is 1. The van der Waals surface area contributed by atoms with Crippen LogP contribution in [0.25, 0.3) is 0 Å². The molecule has 1 atom stereocenters. The number of hydrogen-bond donors (Lipinski definition) is 3. The number of rotatable bonds is 5. The van der Waals surface area contributed by atoms with Gasteiger partial charge < -0.3 is 16.2 Å². The van der Waals surface area contributed by atoms with Crippen LogP contribution in [0.3, 0.4) is 0 Å². The number of hydrogen-bond acceptors (Lipinski definition) is 3. The minimum absolute atomic E-state index is 0.206. The van der Waals surface area contributed by atoms with Gasteiger partial charge in [-0.15, -0.1) is 0 Å². The monoisotopic (exact) mass is 256 g/mol. The summed E-state index contributed by atoms with van der Waals surface area (Å²) in [6, 6.07) is 4.90. The number of halogens is 1. The first-order valence-corrected chi connectivity index (χ1v) is 5.94. The van der Waals surface area contributed by atoms with Crippen LogP contribution in [0.2, 0.25) is 5.02 Å². The molecule has 0 heterocycles. The molecule has 0 aliphatic heterocycles. The fraction of sp³-hybridized carbons (Fsp3) is 0.417. The molecule has 4 nitrogen and oxygen atoms in total. The normalized spacial score (nSPS) is 12.2. The van der Waals surface area contributed by atoms with Gasteiger partial charge in [0, 0.05) is 12.2 Å². The second-order valence-electron chi connectivity index (χ2n) is 3.86. The molecule has 0 radical (unpaired) electrons. The molecule has 0 aromatic heterocycles. The zero-order valence-electron chi connectivity index (χ0n) is 9.74. The van der Waals surface area contributed by atoms with Crippen LogP contribution in [0.1, 0.15) is 30.1 Å². The summed E-state index contributed by atoms with van der Waals surface area (Å²) in [5.41, 5.74) is 6.27. The molecule has 4 N–H and O–H groups in total. The molecule has 0 aliphatic rings. The second-order valence-corrected chi connectivity index (χ2v) is 4.26. The summed E-state index contributed by atoms with van der Waals surface area (Å²) < 4.78 is 0. The van der Waals surface area contributed by atoms with E-state index in [1.54, 1.807) is 18.2 Å². The van der Waals surface area contributed by atoms with Crippen LogP contribution >= 0.6 is 11.6 Å². The molecular formula is C12H17ClN2O2. The predicted octanol–water partition coefficient (Wildman–Crippen LogP) is 1.81. The van der Waals surface area contributed by atoms with Crippen LogP contribution in [0.4, 0.5) is 5.69 Å². The Morgan fingerprint density at radius 2 is 2.29 bits per heavy atom. The van der Waals surface area contributed by atoms with Crippen molar-refractivity contribution in [3.63, 3.8) is 0 Å². The molecule has 1 rings (SSSR count). The van der Waals surface area contributed by atoms with Crippen molar-refractivity contribution in [3.8, 4) is 0 Å². The van der Waals surface area contributed by atoms with Gasteiger partial charge in [-0.2, -0.15) is 0 Å². The van der Waals surface area contributed by atoms with Gasteiger partial charge >= 0.3 is 0 Å². The van der Waals surface area contributed by atoms with Gasteiger partial charge in [0.2, 0.25) is 0 Å². The van der Waals surface area contributed by atoms with Crippen molar-refractivity contribution in [1.82, 2.24) is 5.32 Å². The Balaban J connectivity index is 2.64. The third-order valence-corrected chi connectivity index (χ3v) is 2.71. The molecule has 17 heavy (non-hydrogen) atoms. The molecule has 0 aliphatic carbocycles. The van der Waals surface area contributed by atoms with E-state index in [0.29, 0.717) is 17.1 Å². The third kappa shape index (κ3) is 3.91. The van der Waals surface area contributed by atoms with E-state index in [1.807, 2.05) is 6.92 Å². The van der Waals surface area contributed by atoms with Crippen molar-refractivity contribution in [3.05, 3.63) is 28.8 Å². The van der Waals surface area contributed by atoms with Gasteiger partial charge in [0.1, 0.15) is 0 Å². The van der Waals surface area contributed by atoms with Gasteiger partial charge in [0.05, 0.1) is 16.7 Å². The Labute approximate surface area is 106 Å². The Morgan fingerprint density at radius 3 is 2.88 bits per heavy atom. The summed E-state index contributed by atoms with van der Waals surface area (Å²) in [4.78, 5) is 11.8. The molecule has 1 aromatic carbocycles. The van der Waals surface area contributed by atoms with Crippen LogP contribution in [-0.4, -0.2) is 23.7 Å². The number of nitrogen functional groups attached to an aromatic ring is 1. The van der Waals surface area contributed by atoms with Gasteiger partial charge in [-0.05, 0) is 18.6 Å². The topological polar surface area (TPSA) is 75.3 Å². The van der Waals surface area contributed by atoms with Crippen LogP contribution in [0.5, 0.6) is 0 Å². The Hall–Kier alpha value is -1.26. The maximum absolute atomic E-state index is 11.8. The molecule has 1 aromatic rings. The highest BCUT2D eigenvalue weighted by molar-refractivity contribution is 6.34. The molecule has 0 bridgehead atoms. The molecule has 0 fully saturated rings. The van der Waals surface area contributed by atoms with Crippen molar-refractivity contribution in [2.45, 2.75) is 25.9 Å². The Bertz CT molecular complexity index is 376. The van der Waals surface area contributed by atoms with E-state index in [-0.39, 0.29) is 18.0 Å². The van der Waals surface area contributed by atoms with E-state index in [1.165, 1.54) is 0 Å². The van der Waals surface area contributed by atoms with Crippen LogP contribution in [0.15, 0.2) is 18.2 Å². The molecule has 1 unspecified atom stereocenters. The lowest BCUT2D eigenvalue weighted by Crippen LogP contribution is -2.32. The zero-order valence-corrected chi connectivity index (χ0v) is 10.5. The first kappa shape index (κ1) is 13.8. The lowest BCUT2D eigenvalue weighted by Gasteiger charge is -2.12. The van der Waals surface area contributed by atoms with E-state index in [4.69, 9.17) is 17.3 Å². The van der Waals surface area contributed by atoms with Crippen molar-refractivity contribution in [2.75, 3.05) is 12.3 Å². The highest BCUT2D eigenvalue weighted by Gasteiger charge is 2.14. The number of carbonyl (C=O) groups excluding carboxylic acids is 1. The fourth-order valence-corrected chi connectivity index (χ4v) is 1.78. The largest absolute Gasteiger partial charge is 0.398 e. The van der Waals surface area contributed by atoms with Crippen molar-refractivity contribution in [2.24, 2.45) is 0 Å². The number of aliphatic hydroxyl groups excluding tert-OH is 1. The van der Waals surface area contributed by atoms with Crippen molar-refractivity contribution >= 4 is 23.2 Å². The smallest absolute Gasteiger partial charge is 0.254 e. The lowest BCUT2D eigenvalue weighted by molar-refractivity contribution is 0.0911. The van der Waals surface area contributed by atoms with Gasteiger partial charge in [-0.3, -0.25) is 4.79 Å². The van der Waals surface area contributed by atoms with Crippen LogP contribution in [0, 0.1) is 0 Å². The maximum Gasteiger partial charge on any atom is 0.254 e. The molecule has 5 heteroatoms. The highest BCUT2D eigenvalue weighted by atomic mass is 35.5. The molecule has 0 saturated heterocycles. The number of anilines is 1. The minimum atomic E-state index is -0.535. The Morgan fingerprint density at radius 1 is 1.59 bits per heavy atom. The Kier molecular flexibility index (Phi) is 5.25. The average molecular weight is 257 g/mol. The highest BCUT2D eigenvalue weighted by Crippen LogP contribution is 2.21. The zero-order chi connectivity index (χ0) is 12.8. The van der Waals surface area contributed by atoms with E-state index in [9.17, 15) is 9.90 Å². The van der Waals surface area contributed by atoms with E-state index < -0.39 is 6.10 Å². The summed E-state index contributed by atoms with van der Waals surface area (Å²) in [5.74, 6) is -0.358. The summed E-state index contributed by atoms with van der Waals surface area (Å²) in [7, 11) is 0. The van der Waals surface area contributed by atoms with Gasteiger partial charge in [0.25, 0.3) is 5.91 Å². The summed E-state index contributed by atoms with van der Waals surface area (Å²) >= 11 is 5.90. The summed E-state index contributed by atoms with van der Waals surface area (Å²) in [5, 5.41) is 12.4. The van der Waals surface area contributed by atoms with Crippen molar-refractivity contribution < 1.29 is 9.90 Å². The third-order valence-electron chi connectivity index (χ3n) is 2.39. The van der Waals surface area contributed by atoms with E-state index in [2.05, 4.69) is 5.32 Å². The van der Waals surface area contributed by atoms with Gasteiger partial charge in [0.15, 0.2) is 0 Å². The molecule has 0 saturated carbocycles. The number of nitrogens with one attached hydrogen (secondary N) is 1. The quantitative estimate of drug-likeness (QED) is 0.704. The van der Waals surface area contributed by atoms with E-state index in [0.717, 1.165) is 6.42 Å². The summed E-state index contributed by atoms with van der Waals surface area (Å²) in [6.45, 7) is 2.18. The first-order valence-electron chi connectivity index (χ1n) is 5.56. The maximum atomic E-state index is 11.8. The van der Waals surface area contributed by atoms with Crippen molar-refractivity contribution in [1.29, 1.82) is 0 Å². The number of nitrogens with two attached hydrogens (primary N) is 1. The standard InChI is InChI=1S/C12H17ClN2O2/c1-2-4-8(16)7-15-12(17)11-9(13)5-3-6-10(11)14/h3,5-6,8,16H,2,4,7,14H2,1H3,(H,15,17). The van der Waals surface area contributed by atoms with Crippen LogP contribution < -0.4 is 11.1 Å². The molecule has 1 amide bonds. The second kappa shape index (κ2) is 6.47. The lowest BCUT2D eigenvalue weighted by atomic mass is 10.1. The predicted molar refractivity (Wildman–Crippen MR) is 69.1 cm³/mol. The fourth-order valence-electron chi connectivity index (χ4n) is 1.51. The van der Waals surface area contributed by atoms with E-state index >= 15 is 0 Å². The van der Waals surface area contributed by atoms with Crippen LogP contribution in [-0.2, 0) is 0 Å². The SMILES string of the molecule is CCCC(O)CNC(=O)c1c(N)cccc1Cl. The first-order chi connectivity index (χ1) is 8.06. The number of benzene rings is 1. The minimum Gasteiger partial charge on any atom is -0.398 e. The average Bonchev–Trinajstić information content (AvgIpc) is 2.26. The number of aliphatic hydroxyl groups is 1. The molecule has 0 spiro atoms.